The van der Waals surface area contributed by atoms with Crippen LogP contribution < -0.4 is 4.74 Å². The third-order valence-electron chi connectivity index (χ3n) is 4.84. The second-order valence-corrected chi connectivity index (χ2v) is 9.51. The number of benzene rings is 1. The first-order chi connectivity index (χ1) is 12.5. The second kappa shape index (κ2) is 7.72. The molecule has 0 unspecified atom stereocenters. The van der Waals surface area contributed by atoms with Gasteiger partial charge in [-0.2, -0.15) is 0 Å². The summed E-state index contributed by atoms with van der Waals surface area (Å²) in [6, 6.07) is 3.53. The molecule has 0 bridgehead atoms. The smallest absolute Gasteiger partial charge is 0.328 e. The maximum Gasteiger partial charge on any atom is 0.328 e. The van der Waals surface area contributed by atoms with Crippen molar-refractivity contribution in [3.05, 3.63) is 53.1 Å². The number of sulfone groups is 1. The number of hydrogen-bond acceptors (Lipinski definition) is 4. The fourth-order valence-corrected chi connectivity index (χ4v) is 5.09. The van der Waals surface area contributed by atoms with E-state index in [4.69, 9.17) is 9.84 Å². The summed E-state index contributed by atoms with van der Waals surface area (Å²) < 4.78 is 30.5. The largest absolute Gasteiger partial charge is 0.496 e. The predicted molar refractivity (Wildman–Crippen MR) is 107 cm³/mol. The Morgan fingerprint density at radius 2 is 1.93 bits per heavy atom. The molecular weight excluding hydrogens is 364 g/mol. The van der Waals surface area contributed by atoms with Crippen LogP contribution in [0.25, 0.3) is 5.57 Å². The Hall–Kier alpha value is -2.34. The summed E-state index contributed by atoms with van der Waals surface area (Å²) in [6.45, 7) is 7.72. The van der Waals surface area contributed by atoms with E-state index in [0.29, 0.717) is 22.6 Å². The normalized spacial score (nSPS) is 19.0. The fourth-order valence-electron chi connectivity index (χ4n) is 3.14. The minimum Gasteiger partial charge on any atom is -0.496 e. The van der Waals surface area contributed by atoms with Crippen molar-refractivity contribution in [3.63, 3.8) is 0 Å². The molecule has 1 aromatic carbocycles. The average molecular weight is 391 g/mol. The summed E-state index contributed by atoms with van der Waals surface area (Å²) in [5, 5.41) is 8.75. The van der Waals surface area contributed by atoms with Crippen molar-refractivity contribution in [2.24, 2.45) is 0 Å². The zero-order valence-electron chi connectivity index (χ0n) is 16.4. The standard InChI is InChI=1S/C21H26O5S/c1-14(11-20(22)23)7-6-8-15(2)16-12-17-19(13-18(16)26-5)27(24,25)10-9-21(17,3)4/h6-8,11-13H,9-10H2,1-5H3,(H,22,23)/b7-6+,14-11+,15-8-. The molecule has 0 atom stereocenters. The molecule has 0 aromatic heterocycles. The Morgan fingerprint density at radius 1 is 1.26 bits per heavy atom. The van der Waals surface area contributed by atoms with Gasteiger partial charge in [-0.05, 0) is 54.5 Å². The van der Waals surface area contributed by atoms with E-state index < -0.39 is 15.8 Å². The lowest BCUT2D eigenvalue weighted by molar-refractivity contribution is -0.131. The van der Waals surface area contributed by atoms with E-state index in [1.165, 1.54) is 7.11 Å². The molecule has 1 aliphatic rings. The van der Waals surface area contributed by atoms with Gasteiger partial charge in [-0.1, -0.05) is 32.1 Å². The molecule has 0 saturated heterocycles. The number of fused-ring (bicyclic) bond motifs is 1. The molecular formula is C21H26O5S. The fraction of sp³-hybridized carbons (Fsp3) is 0.381. The lowest BCUT2D eigenvalue weighted by Crippen LogP contribution is -2.30. The summed E-state index contributed by atoms with van der Waals surface area (Å²) in [4.78, 5) is 11.0. The van der Waals surface area contributed by atoms with Gasteiger partial charge in [0.25, 0.3) is 0 Å². The summed E-state index contributed by atoms with van der Waals surface area (Å²) in [6.07, 6.45) is 7.04. The monoisotopic (exact) mass is 390 g/mol. The van der Waals surface area contributed by atoms with Crippen molar-refractivity contribution in [3.8, 4) is 5.75 Å². The van der Waals surface area contributed by atoms with E-state index in [2.05, 4.69) is 13.8 Å². The second-order valence-electron chi connectivity index (χ2n) is 7.44. The Kier molecular flexibility index (Phi) is 6.00. The SMILES string of the molecule is COc1cc2c(cc1\C(C)=C/C=C/C(C)=C/C(=O)O)C(C)(C)CCS2(=O)=O. The van der Waals surface area contributed by atoms with E-state index in [1.54, 1.807) is 25.1 Å². The van der Waals surface area contributed by atoms with Crippen LogP contribution in [0.2, 0.25) is 0 Å². The van der Waals surface area contributed by atoms with Crippen LogP contribution in [-0.4, -0.2) is 32.4 Å². The molecule has 0 fully saturated rings. The third-order valence-corrected chi connectivity index (χ3v) is 6.59. The van der Waals surface area contributed by atoms with E-state index in [-0.39, 0.29) is 11.2 Å². The highest BCUT2D eigenvalue weighted by molar-refractivity contribution is 7.91. The van der Waals surface area contributed by atoms with Gasteiger partial charge in [-0.15, -0.1) is 0 Å². The summed E-state index contributed by atoms with van der Waals surface area (Å²) >= 11 is 0. The Bertz CT molecular complexity index is 947. The van der Waals surface area contributed by atoms with Crippen molar-refractivity contribution < 1.29 is 23.1 Å². The maximum absolute atomic E-state index is 12.5. The number of hydrogen-bond donors (Lipinski definition) is 1. The number of rotatable bonds is 5. The molecule has 1 aliphatic heterocycles. The minimum atomic E-state index is -3.30. The van der Waals surface area contributed by atoms with Gasteiger partial charge in [0.1, 0.15) is 5.75 Å². The van der Waals surface area contributed by atoms with Crippen LogP contribution >= 0.6 is 0 Å². The molecule has 0 radical (unpaired) electrons. The number of allylic oxidation sites excluding steroid dienone is 5. The Balaban J connectivity index is 2.53. The molecule has 5 nitrogen and oxygen atoms in total. The van der Waals surface area contributed by atoms with Crippen LogP contribution in [0.3, 0.4) is 0 Å². The molecule has 1 aromatic rings. The van der Waals surface area contributed by atoms with Gasteiger partial charge < -0.3 is 9.84 Å². The lowest BCUT2D eigenvalue weighted by atomic mass is 9.80. The first kappa shape index (κ1) is 21.0. The summed E-state index contributed by atoms with van der Waals surface area (Å²) in [5.41, 5.74) is 2.91. The number of carboxylic acids is 1. The number of carboxylic acid groups (broad SMARTS) is 1. The van der Waals surface area contributed by atoms with Gasteiger partial charge >= 0.3 is 5.97 Å². The molecule has 0 saturated carbocycles. The Morgan fingerprint density at radius 3 is 2.52 bits per heavy atom. The van der Waals surface area contributed by atoms with Gasteiger partial charge in [0.05, 0.1) is 17.8 Å². The number of aliphatic carboxylic acids is 1. The summed E-state index contributed by atoms with van der Waals surface area (Å²) in [7, 11) is -1.78. The van der Waals surface area contributed by atoms with Crippen LogP contribution in [0.1, 0.15) is 45.2 Å². The first-order valence-corrected chi connectivity index (χ1v) is 10.3. The first-order valence-electron chi connectivity index (χ1n) is 8.70. The average Bonchev–Trinajstić information content (AvgIpc) is 2.57. The summed E-state index contributed by atoms with van der Waals surface area (Å²) in [5.74, 6) is -0.338. The van der Waals surface area contributed by atoms with Crippen LogP contribution in [-0.2, 0) is 20.0 Å². The van der Waals surface area contributed by atoms with Crippen molar-refractivity contribution in [1.82, 2.24) is 0 Å². The zero-order chi connectivity index (χ0) is 20.4. The van der Waals surface area contributed by atoms with Crippen LogP contribution in [0.5, 0.6) is 5.75 Å². The molecule has 0 amide bonds. The topological polar surface area (TPSA) is 80.7 Å². The van der Waals surface area contributed by atoms with Gasteiger partial charge in [0.15, 0.2) is 9.84 Å². The van der Waals surface area contributed by atoms with Crippen molar-refractivity contribution >= 4 is 21.4 Å². The zero-order valence-corrected chi connectivity index (χ0v) is 17.2. The molecule has 6 heteroatoms. The highest BCUT2D eigenvalue weighted by Gasteiger charge is 2.36. The Labute approximate surface area is 161 Å². The highest BCUT2D eigenvalue weighted by atomic mass is 32.2. The van der Waals surface area contributed by atoms with E-state index in [9.17, 15) is 13.2 Å². The van der Waals surface area contributed by atoms with E-state index >= 15 is 0 Å². The molecule has 146 valence electrons. The van der Waals surface area contributed by atoms with Crippen molar-refractivity contribution in [1.29, 1.82) is 0 Å². The number of ether oxygens (including phenoxy) is 1. The molecule has 1 N–H and O–H groups in total. The molecule has 0 aliphatic carbocycles. The van der Waals surface area contributed by atoms with Crippen LogP contribution in [0, 0.1) is 0 Å². The van der Waals surface area contributed by atoms with E-state index in [1.807, 2.05) is 19.1 Å². The van der Waals surface area contributed by atoms with Crippen LogP contribution in [0.15, 0.2) is 46.9 Å². The number of methoxy groups -OCH3 is 1. The van der Waals surface area contributed by atoms with Crippen LogP contribution in [0.4, 0.5) is 0 Å². The predicted octanol–water partition coefficient (Wildman–Crippen LogP) is 4.14. The van der Waals surface area contributed by atoms with Crippen molar-refractivity contribution in [2.45, 2.75) is 44.4 Å². The molecule has 2 rings (SSSR count). The van der Waals surface area contributed by atoms with Gasteiger partial charge in [0.2, 0.25) is 0 Å². The van der Waals surface area contributed by atoms with Gasteiger partial charge in [-0.25, -0.2) is 13.2 Å². The molecule has 0 spiro atoms. The van der Waals surface area contributed by atoms with Gasteiger partial charge in [0, 0.05) is 11.6 Å². The number of carbonyl (C=O) groups is 1. The van der Waals surface area contributed by atoms with Crippen molar-refractivity contribution in [2.75, 3.05) is 12.9 Å². The highest BCUT2D eigenvalue weighted by Crippen LogP contribution is 2.42. The lowest BCUT2D eigenvalue weighted by Gasteiger charge is -2.33. The maximum atomic E-state index is 12.5. The minimum absolute atomic E-state index is 0.141. The third kappa shape index (κ3) is 4.69. The molecule has 27 heavy (non-hydrogen) atoms. The quantitative estimate of drug-likeness (QED) is 0.604. The van der Waals surface area contributed by atoms with Gasteiger partial charge in [-0.3, -0.25) is 0 Å². The molecule has 1 heterocycles. The van der Waals surface area contributed by atoms with E-state index in [0.717, 1.165) is 22.8 Å².